The molecule has 0 aromatic carbocycles. The summed E-state index contributed by atoms with van der Waals surface area (Å²) in [6.45, 7) is 3.64. The van der Waals surface area contributed by atoms with Crippen molar-refractivity contribution in [1.29, 1.82) is 0 Å². The lowest BCUT2D eigenvalue weighted by molar-refractivity contribution is -0.150. The molecule has 2 nitrogen and oxygen atoms in total. The minimum Gasteiger partial charge on any atom is -0.462 e. The molecule has 68 valence electrons. The van der Waals surface area contributed by atoms with Crippen molar-refractivity contribution in [2.75, 3.05) is 0 Å². The van der Waals surface area contributed by atoms with E-state index in [0.29, 0.717) is 6.42 Å². The van der Waals surface area contributed by atoms with E-state index in [4.69, 9.17) is 4.74 Å². The molecule has 1 heterocycles. The van der Waals surface area contributed by atoms with Crippen LogP contribution in [-0.2, 0) is 9.53 Å². The van der Waals surface area contributed by atoms with Crippen LogP contribution < -0.4 is 0 Å². The molecule has 0 saturated carbocycles. The monoisotopic (exact) mass is 168 g/mol. The highest BCUT2D eigenvalue weighted by Crippen LogP contribution is 2.16. The third-order valence-corrected chi connectivity index (χ3v) is 2.13. The number of cyclic esters (lactones) is 1. The first kappa shape index (κ1) is 9.30. The summed E-state index contributed by atoms with van der Waals surface area (Å²) >= 11 is 0. The second-order valence-corrected chi connectivity index (χ2v) is 3.24. The fourth-order valence-corrected chi connectivity index (χ4v) is 1.47. The van der Waals surface area contributed by atoms with E-state index in [1.165, 1.54) is 6.42 Å². The van der Waals surface area contributed by atoms with Crippen molar-refractivity contribution in [3.05, 3.63) is 12.7 Å². The van der Waals surface area contributed by atoms with Gasteiger partial charge in [-0.2, -0.15) is 0 Å². The zero-order chi connectivity index (χ0) is 8.81. The van der Waals surface area contributed by atoms with Gasteiger partial charge in [-0.3, -0.25) is 4.79 Å². The molecule has 0 radical (unpaired) electrons. The second-order valence-electron chi connectivity index (χ2n) is 3.24. The van der Waals surface area contributed by atoms with E-state index in [2.05, 4.69) is 6.58 Å². The first-order valence-corrected chi connectivity index (χ1v) is 4.63. The van der Waals surface area contributed by atoms with Crippen LogP contribution in [0.15, 0.2) is 12.7 Å². The molecule has 1 aliphatic heterocycles. The summed E-state index contributed by atoms with van der Waals surface area (Å²) in [7, 11) is 0. The topological polar surface area (TPSA) is 26.3 Å². The quantitative estimate of drug-likeness (QED) is 0.467. The van der Waals surface area contributed by atoms with Crippen LogP contribution in [0, 0.1) is 0 Å². The summed E-state index contributed by atoms with van der Waals surface area (Å²) in [6, 6.07) is 0. The van der Waals surface area contributed by atoms with Gasteiger partial charge in [-0.25, -0.2) is 0 Å². The van der Waals surface area contributed by atoms with Crippen molar-refractivity contribution in [3.8, 4) is 0 Å². The van der Waals surface area contributed by atoms with Gasteiger partial charge in [0.1, 0.15) is 6.10 Å². The standard InChI is InChI=1S/C10H16O2/c1-2-6-9-7-4-3-5-8-10(11)12-9/h2,9H,1,3-8H2. The molecule has 0 bridgehead atoms. The maximum absolute atomic E-state index is 11.1. The fraction of sp³-hybridized carbons (Fsp3) is 0.700. The zero-order valence-electron chi connectivity index (χ0n) is 7.42. The molecule has 1 rings (SSSR count). The predicted molar refractivity (Wildman–Crippen MR) is 47.8 cm³/mol. The summed E-state index contributed by atoms with van der Waals surface area (Å²) in [5, 5.41) is 0. The van der Waals surface area contributed by atoms with Crippen LogP contribution in [0.25, 0.3) is 0 Å². The van der Waals surface area contributed by atoms with Crippen LogP contribution in [-0.4, -0.2) is 12.1 Å². The van der Waals surface area contributed by atoms with Gasteiger partial charge in [0.05, 0.1) is 0 Å². The van der Waals surface area contributed by atoms with Crippen molar-refractivity contribution in [2.45, 2.75) is 44.6 Å². The molecule has 1 fully saturated rings. The Morgan fingerprint density at radius 2 is 2.33 bits per heavy atom. The lowest BCUT2D eigenvalue weighted by Crippen LogP contribution is -2.19. The molecule has 0 aromatic rings. The molecule has 2 heteroatoms. The Hall–Kier alpha value is -0.790. The van der Waals surface area contributed by atoms with Crippen LogP contribution in [0.4, 0.5) is 0 Å². The van der Waals surface area contributed by atoms with E-state index in [9.17, 15) is 4.79 Å². The summed E-state index contributed by atoms with van der Waals surface area (Å²) < 4.78 is 5.22. The third-order valence-electron chi connectivity index (χ3n) is 2.13. The average Bonchev–Trinajstić information content (AvgIpc) is 2.00. The highest BCUT2D eigenvalue weighted by molar-refractivity contribution is 5.69. The van der Waals surface area contributed by atoms with E-state index in [1.54, 1.807) is 0 Å². The highest BCUT2D eigenvalue weighted by atomic mass is 16.5. The average molecular weight is 168 g/mol. The van der Waals surface area contributed by atoms with Gasteiger partial charge in [-0.05, 0) is 19.3 Å². The first-order valence-electron chi connectivity index (χ1n) is 4.63. The molecule has 0 spiro atoms. The van der Waals surface area contributed by atoms with E-state index < -0.39 is 0 Å². The Balaban J connectivity index is 2.37. The molecule has 1 atom stereocenters. The smallest absolute Gasteiger partial charge is 0.306 e. The van der Waals surface area contributed by atoms with Gasteiger partial charge in [0.2, 0.25) is 0 Å². The van der Waals surface area contributed by atoms with E-state index in [0.717, 1.165) is 25.7 Å². The number of hydrogen-bond donors (Lipinski definition) is 0. The van der Waals surface area contributed by atoms with Gasteiger partial charge < -0.3 is 4.74 Å². The number of hydrogen-bond acceptors (Lipinski definition) is 2. The second kappa shape index (κ2) is 4.96. The Kier molecular flexibility index (Phi) is 3.85. The molecule has 0 N–H and O–H groups in total. The molecule has 0 aromatic heterocycles. The molecule has 12 heavy (non-hydrogen) atoms. The van der Waals surface area contributed by atoms with Crippen molar-refractivity contribution in [1.82, 2.24) is 0 Å². The highest BCUT2D eigenvalue weighted by Gasteiger charge is 2.15. The maximum Gasteiger partial charge on any atom is 0.306 e. The van der Waals surface area contributed by atoms with Crippen molar-refractivity contribution < 1.29 is 9.53 Å². The molecule has 1 saturated heterocycles. The molecular weight excluding hydrogens is 152 g/mol. The zero-order valence-corrected chi connectivity index (χ0v) is 7.42. The maximum atomic E-state index is 11.1. The Bertz CT molecular complexity index is 163. The van der Waals surface area contributed by atoms with Gasteiger partial charge in [-0.15, -0.1) is 6.58 Å². The van der Waals surface area contributed by atoms with Crippen molar-refractivity contribution in [2.24, 2.45) is 0 Å². The van der Waals surface area contributed by atoms with Gasteiger partial charge in [0, 0.05) is 12.8 Å². The van der Waals surface area contributed by atoms with E-state index >= 15 is 0 Å². The van der Waals surface area contributed by atoms with Crippen LogP contribution in [0.5, 0.6) is 0 Å². The number of rotatable bonds is 2. The largest absolute Gasteiger partial charge is 0.462 e. The van der Waals surface area contributed by atoms with Gasteiger partial charge in [-0.1, -0.05) is 12.5 Å². The molecule has 0 amide bonds. The fourth-order valence-electron chi connectivity index (χ4n) is 1.47. The third kappa shape index (κ3) is 3.07. The number of carbonyl (C=O) groups is 1. The summed E-state index contributed by atoms with van der Waals surface area (Å²) in [5.41, 5.74) is 0. The Morgan fingerprint density at radius 1 is 1.50 bits per heavy atom. The SMILES string of the molecule is C=CCC1CCCCCC(=O)O1. The Morgan fingerprint density at radius 3 is 3.08 bits per heavy atom. The minimum absolute atomic E-state index is 0.0402. The van der Waals surface area contributed by atoms with E-state index in [-0.39, 0.29) is 12.1 Å². The van der Waals surface area contributed by atoms with Crippen LogP contribution >= 0.6 is 0 Å². The molecular formula is C10H16O2. The number of carbonyl (C=O) groups excluding carboxylic acids is 1. The lowest BCUT2D eigenvalue weighted by Gasteiger charge is -2.18. The summed E-state index contributed by atoms with van der Waals surface area (Å²) in [5.74, 6) is -0.0402. The number of esters is 1. The lowest BCUT2D eigenvalue weighted by atomic mass is 10.0. The minimum atomic E-state index is -0.0402. The summed E-state index contributed by atoms with van der Waals surface area (Å²) in [4.78, 5) is 11.1. The van der Waals surface area contributed by atoms with Crippen molar-refractivity contribution >= 4 is 5.97 Å². The molecule has 1 aliphatic rings. The van der Waals surface area contributed by atoms with Gasteiger partial charge >= 0.3 is 5.97 Å². The predicted octanol–water partition coefficient (Wildman–Crippen LogP) is 2.44. The number of ether oxygens (including phenoxy) is 1. The van der Waals surface area contributed by atoms with E-state index in [1.807, 2.05) is 6.08 Å². The normalized spacial score (nSPS) is 25.3. The summed E-state index contributed by atoms with van der Waals surface area (Å²) in [6.07, 6.45) is 7.61. The molecule has 0 aliphatic carbocycles. The van der Waals surface area contributed by atoms with Gasteiger partial charge in [0.15, 0.2) is 0 Å². The van der Waals surface area contributed by atoms with Crippen LogP contribution in [0.2, 0.25) is 0 Å². The molecule has 1 unspecified atom stereocenters. The first-order chi connectivity index (χ1) is 5.83. The Labute approximate surface area is 73.6 Å². The van der Waals surface area contributed by atoms with Crippen LogP contribution in [0.3, 0.4) is 0 Å². The van der Waals surface area contributed by atoms with Crippen molar-refractivity contribution in [3.63, 3.8) is 0 Å². The van der Waals surface area contributed by atoms with Crippen LogP contribution in [0.1, 0.15) is 38.5 Å². The van der Waals surface area contributed by atoms with Gasteiger partial charge in [0.25, 0.3) is 0 Å².